The number of hydrogen-bond donors (Lipinski definition) is 0. The van der Waals surface area contributed by atoms with Crippen molar-refractivity contribution in [3.63, 3.8) is 0 Å². The summed E-state index contributed by atoms with van der Waals surface area (Å²) in [5, 5.41) is 0. The van der Waals surface area contributed by atoms with Gasteiger partial charge in [0.1, 0.15) is 15.7 Å². The number of pyridine rings is 1. The van der Waals surface area contributed by atoms with Crippen LogP contribution in [0.2, 0.25) is 0 Å². The van der Waals surface area contributed by atoms with Crippen molar-refractivity contribution < 1.29 is 9.21 Å². The molecular formula is C19H15N3O3S2. The topological polar surface area (TPSA) is 67.8 Å². The fourth-order valence-corrected chi connectivity index (χ4v) is 4.10. The number of furan rings is 1. The van der Waals surface area contributed by atoms with Crippen LogP contribution in [0.5, 0.6) is 0 Å². The highest BCUT2D eigenvalue weighted by atomic mass is 32.2. The Balaban J connectivity index is 1.74. The minimum atomic E-state index is -0.241. The van der Waals surface area contributed by atoms with Crippen LogP contribution in [-0.2, 0) is 11.3 Å². The van der Waals surface area contributed by atoms with Crippen LogP contribution < -0.4 is 5.56 Å². The van der Waals surface area contributed by atoms with Gasteiger partial charge in [-0.15, -0.1) is 0 Å². The Labute approximate surface area is 164 Å². The minimum Gasteiger partial charge on any atom is -0.467 e. The predicted octanol–water partition coefficient (Wildman–Crippen LogP) is 3.31. The summed E-state index contributed by atoms with van der Waals surface area (Å²) in [6.45, 7) is 3.93. The molecule has 0 bridgehead atoms. The molecule has 3 aromatic rings. The summed E-state index contributed by atoms with van der Waals surface area (Å²) < 4.78 is 7.23. The second-order valence-corrected chi connectivity index (χ2v) is 7.87. The van der Waals surface area contributed by atoms with E-state index in [0.29, 0.717) is 31.9 Å². The molecule has 4 heterocycles. The van der Waals surface area contributed by atoms with Crippen LogP contribution in [0.4, 0.5) is 0 Å². The molecule has 136 valence electrons. The maximum atomic E-state index is 12.9. The lowest BCUT2D eigenvalue weighted by Gasteiger charge is -2.12. The van der Waals surface area contributed by atoms with E-state index < -0.39 is 0 Å². The first-order valence-electron chi connectivity index (χ1n) is 8.21. The van der Waals surface area contributed by atoms with Crippen LogP contribution in [0.15, 0.2) is 50.8 Å². The molecule has 1 amide bonds. The molecule has 1 saturated heterocycles. The molecule has 1 aliphatic heterocycles. The quantitative estimate of drug-likeness (QED) is 0.499. The Morgan fingerprint density at radius 2 is 2.07 bits per heavy atom. The van der Waals surface area contributed by atoms with Crippen molar-refractivity contribution in [2.75, 3.05) is 0 Å². The summed E-state index contributed by atoms with van der Waals surface area (Å²) in [6.07, 6.45) is 4.88. The Bertz CT molecular complexity index is 1160. The SMILES string of the molecule is Cc1ccc2nc(C)c(/C=C3\SC(=S)N(Cc4ccco4)C3=O)c(=O)n2c1. The van der Waals surface area contributed by atoms with Gasteiger partial charge >= 0.3 is 0 Å². The average Bonchev–Trinajstić information content (AvgIpc) is 3.23. The zero-order valence-corrected chi connectivity index (χ0v) is 16.3. The van der Waals surface area contributed by atoms with E-state index in [9.17, 15) is 9.59 Å². The lowest BCUT2D eigenvalue weighted by Crippen LogP contribution is -2.27. The molecule has 0 unspecified atom stereocenters. The van der Waals surface area contributed by atoms with E-state index in [2.05, 4.69) is 4.98 Å². The molecule has 27 heavy (non-hydrogen) atoms. The van der Waals surface area contributed by atoms with E-state index in [1.54, 1.807) is 43.7 Å². The number of carbonyl (C=O) groups is 1. The third kappa shape index (κ3) is 3.22. The summed E-state index contributed by atoms with van der Waals surface area (Å²) in [5.74, 6) is 0.404. The van der Waals surface area contributed by atoms with Gasteiger partial charge in [0, 0.05) is 6.20 Å². The van der Waals surface area contributed by atoms with Crippen LogP contribution in [0.1, 0.15) is 22.6 Å². The number of fused-ring (bicyclic) bond motifs is 1. The van der Waals surface area contributed by atoms with Crippen molar-refractivity contribution in [3.05, 3.63) is 74.6 Å². The molecule has 8 heteroatoms. The highest BCUT2D eigenvalue weighted by Gasteiger charge is 2.33. The zero-order valence-electron chi connectivity index (χ0n) is 14.6. The fourth-order valence-electron chi connectivity index (χ4n) is 2.86. The number of thioether (sulfide) groups is 1. The molecule has 0 radical (unpaired) electrons. The third-order valence-electron chi connectivity index (χ3n) is 4.24. The molecule has 0 aliphatic carbocycles. The number of thiocarbonyl (C=S) groups is 1. The summed E-state index contributed by atoms with van der Waals surface area (Å²) in [5.41, 5.74) is 2.27. The smallest absolute Gasteiger partial charge is 0.266 e. The van der Waals surface area contributed by atoms with Gasteiger partial charge in [-0.2, -0.15) is 0 Å². The van der Waals surface area contributed by atoms with E-state index in [-0.39, 0.29) is 18.0 Å². The monoisotopic (exact) mass is 397 g/mol. The van der Waals surface area contributed by atoms with Gasteiger partial charge in [-0.3, -0.25) is 18.9 Å². The number of hydrogen-bond acceptors (Lipinski definition) is 6. The molecule has 1 aliphatic rings. The van der Waals surface area contributed by atoms with Crippen LogP contribution >= 0.6 is 24.0 Å². The van der Waals surface area contributed by atoms with E-state index >= 15 is 0 Å². The van der Waals surface area contributed by atoms with Crippen molar-refractivity contribution in [1.82, 2.24) is 14.3 Å². The van der Waals surface area contributed by atoms with Crippen molar-refractivity contribution in [2.24, 2.45) is 0 Å². The number of amides is 1. The van der Waals surface area contributed by atoms with Gasteiger partial charge in [0.2, 0.25) is 0 Å². The molecule has 0 aromatic carbocycles. The summed E-state index contributed by atoms with van der Waals surface area (Å²) >= 11 is 6.51. The highest BCUT2D eigenvalue weighted by molar-refractivity contribution is 8.26. The van der Waals surface area contributed by atoms with Gasteiger partial charge in [-0.05, 0) is 43.7 Å². The molecule has 0 spiro atoms. The maximum Gasteiger partial charge on any atom is 0.266 e. The van der Waals surface area contributed by atoms with E-state index in [1.807, 2.05) is 13.0 Å². The number of nitrogens with zero attached hydrogens (tertiary/aromatic N) is 3. The van der Waals surface area contributed by atoms with Gasteiger partial charge in [0.05, 0.1) is 29.0 Å². The van der Waals surface area contributed by atoms with Crippen molar-refractivity contribution >= 4 is 45.9 Å². The second-order valence-electron chi connectivity index (χ2n) is 6.20. The van der Waals surface area contributed by atoms with Crippen molar-refractivity contribution in [1.29, 1.82) is 0 Å². The summed E-state index contributed by atoms with van der Waals surface area (Å²) in [6, 6.07) is 7.25. The molecule has 6 nitrogen and oxygen atoms in total. The highest BCUT2D eigenvalue weighted by Crippen LogP contribution is 2.33. The number of rotatable bonds is 3. The Kier molecular flexibility index (Phi) is 4.45. The molecule has 0 saturated carbocycles. The Hall–Kier alpha value is -2.71. The minimum absolute atomic E-state index is 0.211. The lowest BCUT2D eigenvalue weighted by atomic mass is 10.2. The van der Waals surface area contributed by atoms with Crippen molar-refractivity contribution in [3.8, 4) is 0 Å². The van der Waals surface area contributed by atoms with Gasteiger partial charge in [-0.1, -0.05) is 30.0 Å². The molecule has 0 N–H and O–H groups in total. The van der Waals surface area contributed by atoms with E-state index in [1.165, 1.54) is 21.1 Å². The average molecular weight is 397 g/mol. The van der Waals surface area contributed by atoms with E-state index in [0.717, 1.165) is 5.56 Å². The number of aromatic nitrogens is 2. The molecule has 3 aromatic heterocycles. The Morgan fingerprint density at radius 3 is 2.81 bits per heavy atom. The summed E-state index contributed by atoms with van der Waals surface area (Å²) in [7, 11) is 0. The first kappa shape index (κ1) is 17.7. The van der Waals surface area contributed by atoms with Crippen LogP contribution in [0.25, 0.3) is 11.7 Å². The van der Waals surface area contributed by atoms with Crippen LogP contribution in [-0.4, -0.2) is 24.5 Å². The van der Waals surface area contributed by atoms with Gasteiger partial charge in [0.15, 0.2) is 0 Å². The van der Waals surface area contributed by atoms with Crippen LogP contribution in [0, 0.1) is 13.8 Å². The Morgan fingerprint density at radius 1 is 1.26 bits per heavy atom. The maximum absolute atomic E-state index is 12.9. The predicted molar refractivity (Wildman–Crippen MR) is 108 cm³/mol. The second kappa shape index (κ2) is 6.79. The van der Waals surface area contributed by atoms with E-state index in [4.69, 9.17) is 16.6 Å². The third-order valence-corrected chi connectivity index (χ3v) is 5.62. The fraction of sp³-hybridized carbons (Fsp3) is 0.158. The lowest BCUT2D eigenvalue weighted by molar-refractivity contribution is -0.122. The molecule has 1 fully saturated rings. The molecule has 0 atom stereocenters. The van der Waals surface area contributed by atoms with Crippen molar-refractivity contribution in [2.45, 2.75) is 20.4 Å². The van der Waals surface area contributed by atoms with Gasteiger partial charge in [-0.25, -0.2) is 4.98 Å². The largest absolute Gasteiger partial charge is 0.467 e. The van der Waals surface area contributed by atoms with Gasteiger partial charge < -0.3 is 4.42 Å². The molecule has 4 rings (SSSR count). The van der Waals surface area contributed by atoms with Gasteiger partial charge in [0.25, 0.3) is 11.5 Å². The first-order chi connectivity index (χ1) is 12.9. The molecular weight excluding hydrogens is 382 g/mol. The normalized spacial score (nSPS) is 16.1. The number of aryl methyl sites for hydroxylation is 2. The zero-order chi connectivity index (χ0) is 19.1. The standard InChI is InChI=1S/C19H15N3O3S2/c1-11-5-6-16-20-12(2)14(17(23)21(16)9-11)8-15-18(24)22(19(26)27-15)10-13-4-3-7-25-13/h3-9H,10H2,1-2H3/b15-8-. The number of carbonyl (C=O) groups excluding carboxylic acids is 1. The van der Waals surface area contributed by atoms with Crippen LogP contribution in [0.3, 0.4) is 0 Å². The first-order valence-corrected chi connectivity index (χ1v) is 9.44. The summed E-state index contributed by atoms with van der Waals surface area (Å²) in [4.78, 5) is 32.0.